The first-order valence-electron chi connectivity index (χ1n) is 6.05. The maximum absolute atomic E-state index is 11.2. The van der Waals surface area contributed by atoms with Gasteiger partial charge in [0.1, 0.15) is 0 Å². The van der Waals surface area contributed by atoms with Gasteiger partial charge in [-0.3, -0.25) is 4.79 Å². The summed E-state index contributed by atoms with van der Waals surface area (Å²) in [6, 6.07) is -0.511. The van der Waals surface area contributed by atoms with Crippen LogP contribution in [0.3, 0.4) is 0 Å². The molecule has 0 radical (unpaired) electrons. The highest BCUT2D eigenvalue weighted by Crippen LogP contribution is 2.39. The highest BCUT2D eigenvalue weighted by molar-refractivity contribution is 8.00. The number of unbranched alkanes of at least 4 members (excludes halogenated alkanes) is 1. The van der Waals surface area contributed by atoms with E-state index in [2.05, 4.69) is 15.4 Å². The highest BCUT2D eigenvalue weighted by Gasteiger charge is 2.55. The molecule has 2 fully saturated rings. The van der Waals surface area contributed by atoms with Crippen molar-refractivity contribution in [1.29, 1.82) is 0 Å². The number of methoxy groups -OCH3 is 1. The molecule has 0 saturated carbocycles. The summed E-state index contributed by atoms with van der Waals surface area (Å²) in [5.41, 5.74) is -1.13. The number of thioether (sulfide) groups is 1. The smallest absolute Gasteiger partial charge is 0.317 e. The van der Waals surface area contributed by atoms with Crippen molar-refractivity contribution in [2.75, 3.05) is 12.9 Å². The van der Waals surface area contributed by atoms with Crippen LogP contribution in [0.2, 0.25) is 0 Å². The van der Waals surface area contributed by atoms with Crippen molar-refractivity contribution < 1.29 is 19.4 Å². The standard InChI is InChI=1S/C11H18N2O4S/c1-17-9(14)5-3-2-4-8-11(16)7(6-18-8)12-10(15)13-11/h7-8,16H,2-6H2,1H3,(H2,12,13,15)/t7-,8+,11+/m1/s1. The Morgan fingerprint density at radius 2 is 2.39 bits per heavy atom. The van der Waals surface area contributed by atoms with Gasteiger partial charge in [-0.05, 0) is 12.8 Å². The van der Waals surface area contributed by atoms with Gasteiger partial charge in [0, 0.05) is 12.2 Å². The fourth-order valence-electron chi connectivity index (χ4n) is 2.39. The topological polar surface area (TPSA) is 87.7 Å². The van der Waals surface area contributed by atoms with E-state index < -0.39 is 5.72 Å². The van der Waals surface area contributed by atoms with E-state index in [9.17, 15) is 14.7 Å². The van der Waals surface area contributed by atoms with Gasteiger partial charge in [0.25, 0.3) is 0 Å². The second kappa shape index (κ2) is 5.36. The minimum atomic E-state index is -1.13. The third kappa shape index (κ3) is 2.56. The molecule has 0 spiro atoms. The average molecular weight is 274 g/mol. The molecular formula is C11H18N2O4S. The molecule has 0 aromatic rings. The monoisotopic (exact) mass is 274 g/mol. The molecular weight excluding hydrogens is 256 g/mol. The number of ether oxygens (including phenoxy) is 1. The van der Waals surface area contributed by atoms with E-state index >= 15 is 0 Å². The molecule has 2 amide bonds. The van der Waals surface area contributed by atoms with Crippen LogP contribution in [-0.2, 0) is 9.53 Å². The molecule has 3 N–H and O–H groups in total. The Morgan fingerprint density at radius 1 is 1.61 bits per heavy atom. The zero-order valence-electron chi connectivity index (χ0n) is 10.3. The van der Waals surface area contributed by atoms with Crippen molar-refractivity contribution in [3.05, 3.63) is 0 Å². The molecule has 0 aromatic heterocycles. The van der Waals surface area contributed by atoms with Gasteiger partial charge >= 0.3 is 12.0 Å². The summed E-state index contributed by atoms with van der Waals surface area (Å²) in [4.78, 5) is 22.2. The lowest BCUT2D eigenvalue weighted by molar-refractivity contribution is -0.140. The molecule has 2 aliphatic heterocycles. The Labute approximate surface area is 110 Å². The molecule has 2 aliphatic rings. The van der Waals surface area contributed by atoms with Crippen LogP contribution in [0.15, 0.2) is 0 Å². The first kappa shape index (κ1) is 13.5. The number of esters is 1. The molecule has 0 aromatic carbocycles. The molecule has 0 bridgehead atoms. The summed E-state index contributed by atoms with van der Waals surface area (Å²) >= 11 is 1.66. The number of nitrogens with one attached hydrogen (secondary N) is 2. The van der Waals surface area contributed by atoms with Gasteiger partial charge in [0.2, 0.25) is 0 Å². The van der Waals surface area contributed by atoms with E-state index in [1.165, 1.54) is 7.11 Å². The Kier molecular flexibility index (Phi) is 4.01. The molecule has 0 aliphatic carbocycles. The molecule has 3 atom stereocenters. The lowest BCUT2D eigenvalue weighted by atomic mass is 9.99. The van der Waals surface area contributed by atoms with E-state index in [1.54, 1.807) is 11.8 Å². The SMILES string of the molecule is COC(=O)CCCC[C@@H]1SC[C@H]2NC(=O)N[C@@]12O. The van der Waals surface area contributed by atoms with E-state index in [-0.39, 0.29) is 23.3 Å². The first-order chi connectivity index (χ1) is 8.56. The average Bonchev–Trinajstić information content (AvgIpc) is 2.77. The van der Waals surface area contributed by atoms with E-state index in [1.807, 2.05) is 0 Å². The van der Waals surface area contributed by atoms with Crippen molar-refractivity contribution >= 4 is 23.8 Å². The molecule has 2 heterocycles. The molecule has 18 heavy (non-hydrogen) atoms. The quantitative estimate of drug-likeness (QED) is 0.379. The first-order valence-corrected chi connectivity index (χ1v) is 7.10. The number of hydrogen-bond acceptors (Lipinski definition) is 5. The van der Waals surface area contributed by atoms with Gasteiger partial charge in [-0.15, -0.1) is 0 Å². The molecule has 7 heteroatoms. The normalized spacial score (nSPS) is 33.8. The number of fused-ring (bicyclic) bond motifs is 1. The van der Waals surface area contributed by atoms with E-state index in [0.29, 0.717) is 6.42 Å². The van der Waals surface area contributed by atoms with Crippen LogP contribution < -0.4 is 10.6 Å². The fraction of sp³-hybridized carbons (Fsp3) is 0.818. The van der Waals surface area contributed by atoms with Gasteiger partial charge < -0.3 is 20.5 Å². The van der Waals surface area contributed by atoms with Crippen LogP contribution in [0.4, 0.5) is 4.79 Å². The zero-order chi connectivity index (χ0) is 13.2. The fourth-order valence-corrected chi connectivity index (χ4v) is 3.96. The predicted octanol–water partition coefficient (Wildman–Crippen LogP) is 0.205. The lowest BCUT2D eigenvalue weighted by Gasteiger charge is -2.27. The third-order valence-electron chi connectivity index (χ3n) is 3.43. The Morgan fingerprint density at radius 3 is 3.11 bits per heavy atom. The summed E-state index contributed by atoms with van der Waals surface area (Å²) in [5, 5.41) is 15.7. The number of aliphatic hydroxyl groups is 1. The van der Waals surface area contributed by atoms with E-state index in [4.69, 9.17) is 0 Å². The van der Waals surface area contributed by atoms with Crippen molar-refractivity contribution in [1.82, 2.24) is 10.6 Å². The molecule has 2 rings (SSSR count). The van der Waals surface area contributed by atoms with Crippen molar-refractivity contribution in [2.45, 2.75) is 42.7 Å². The number of carbonyl (C=O) groups is 2. The number of carbonyl (C=O) groups excluding carboxylic acids is 2. The Hall–Kier alpha value is -0.950. The predicted molar refractivity (Wildman–Crippen MR) is 67.1 cm³/mol. The maximum Gasteiger partial charge on any atom is 0.317 e. The van der Waals surface area contributed by atoms with Gasteiger partial charge in [-0.2, -0.15) is 11.8 Å². The summed E-state index contributed by atoms with van der Waals surface area (Å²) in [6.07, 6.45) is 2.75. The van der Waals surface area contributed by atoms with Crippen LogP contribution in [0.25, 0.3) is 0 Å². The van der Waals surface area contributed by atoms with Crippen LogP contribution in [0.5, 0.6) is 0 Å². The Bertz CT molecular complexity index is 352. The van der Waals surface area contributed by atoms with Crippen LogP contribution in [0.1, 0.15) is 25.7 Å². The summed E-state index contributed by atoms with van der Waals surface area (Å²) in [5.74, 6) is 0.512. The van der Waals surface area contributed by atoms with Gasteiger partial charge in [-0.1, -0.05) is 6.42 Å². The van der Waals surface area contributed by atoms with Gasteiger partial charge in [0.05, 0.1) is 18.4 Å². The van der Waals surface area contributed by atoms with Crippen LogP contribution >= 0.6 is 11.8 Å². The van der Waals surface area contributed by atoms with Crippen molar-refractivity contribution in [3.8, 4) is 0 Å². The van der Waals surface area contributed by atoms with Crippen LogP contribution in [-0.4, -0.2) is 47.0 Å². The van der Waals surface area contributed by atoms with E-state index in [0.717, 1.165) is 25.0 Å². The number of rotatable bonds is 5. The van der Waals surface area contributed by atoms with Gasteiger partial charge in [0.15, 0.2) is 5.72 Å². The van der Waals surface area contributed by atoms with Crippen molar-refractivity contribution in [2.24, 2.45) is 0 Å². The third-order valence-corrected chi connectivity index (χ3v) is 4.95. The lowest BCUT2D eigenvalue weighted by Crippen LogP contribution is -2.53. The van der Waals surface area contributed by atoms with Crippen molar-refractivity contribution in [3.63, 3.8) is 0 Å². The molecule has 0 unspecified atom stereocenters. The summed E-state index contributed by atoms with van der Waals surface area (Å²) in [7, 11) is 1.38. The second-order valence-corrected chi connectivity index (χ2v) is 5.86. The number of amides is 2. The number of hydrogen-bond donors (Lipinski definition) is 3. The van der Waals surface area contributed by atoms with Gasteiger partial charge in [-0.25, -0.2) is 4.79 Å². The molecule has 2 saturated heterocycles. The minimum absolute atomic E-state index is 0.0147. The maximum atomic E-state index is 11.2. The molecule has 6 nitrogen and oxygen atoms in total. The summed E-state index contributed by atoms with van der Waals surface area (Å²) < 4.78 is 4.56. The Balaban J connectivity index is 1.77. The number of urea groups is 1. The van der Waals surface area contributed by atoms with Crippen LogP contribution in [0, 0.1) is 0 Å². The minimum Gasteiger partial charge on any atom is -0.469 e. The largest absolute Gasteiger partial charge is 0.469 e. The zero-order valence-corrected chi connectivity index (χ0v) is 11.1. The highest BCUT2D eigenvalue weighted by atomic mass is 32.2. The molecule has 102 valence electrons. The summed E-state index contributed by atoms with van der Waals surface area (Å²) in [6.45, 7) is 0. The second-order valence-electron chi connectivity index (χ2n) is 4.62.